The molecule has 0 bridgehead atoms. The molecule has 1 atom stereocenters. The SMILES string of the molecule is CCCN(C(=O)Cc1coc(-c2ccccc2)n1)C1CCc2ccccc2C1. The van der Waals surface area contributed by atoms with Crippen LogP contribution in [0.15, 0.2) is 65.3 Å². The summed E-state index contributed by atoms with van der Waals surface area (Å²) in [5, 5.41) is 0. The van der Waals surface area contributed by atoms with Gasteiger partial charge in [0.15, 0.2) is 0 Å². The number of carbonyl (C=O) groups excluding carboxylic acids is 1. The molecule has 0 N–H and O–H groups in total. The van der Waals surface area contributed by atoms with Gasteiger partial charge in [-0.25, -0.2) is 4.98 Å². The standard InChI is InChI=1S/C24H26N2O2/c1-2-14-26(22-13-12-18-8-6-7-11-20(18)15-22)23(27)16-21-17-28-24(25-21)19-9-4-3-5-10-19/h3-11,17,22H,2,12-16H2,1H3. The van der Waals surface area contributed by atoms with Crippen LogP contribution in [0.2, 0.25) is 0 Å². The Hall–Kier alpha value is -2.88. The molecule has 4 nitrogen and oxygen atoms in total. The molecular weight excluding hydrogens is 348 g/mol. The lowest BCUT2D eigenvalue weighted by molar-refractivity contribution is -0.133. The quantitative estimate of drug-likeness (QED) is 0.629. The highest BCUT2D eigenvalue weighted by Gasteiger charge is 2.27. The van der Waals surface area contributed by atoms with Gasteiger partial charge < -0.3 is 9.32 Å². The topological polar surface area (TPSA) is 46.3 Å². The Balaban J connectivity index is 1.47. The smallest absolute Gasteiger partial charge is 0.228 e. The maximum atomic E-state index is 13.1. The monoisotopic (exact) mass is 374 g/mol. The van der Waals surface area contributed by atoms with Crippen molar-refractivity contribution in [2.75, 3.05) is 6.54 Å². The fourth-order valence-electron chi connectivity index (χ4n) is 4.05. The summed E-state index contributed by atoms with van der Waals surface area (Å²) in [5.41, 5.74) is 4.42. The number of benzene rings is 2. The Morgan fingerprint density at radius 1 is 1.11 bits per heavy atom. The third-order valence-corrected chi connectivity index (χ3v) is 5.45. The van der Waals surface area contributed by atoms with Crippen molar-refractivity contribution < 1.29 is 9.21 Å². The second kappa shape index (κ2) is 8.42. The predicted molar refractivity (Wildman–Crippen MR) is 110 cm³/mol. The van der Waals surface area contributed by atoms with Gasteiger partial charge in [0.05, 0.1) is 12.1 Å². The zero-order chi connectivity index (χ0) is 19.3. The van der Waals surface area contributed by atoms with Gasteiger partial charge >= 0.3 is 0 Å². The summed E-state index contributed by atoms with van der Waals surface area (Å²) < 4.78 is 5.60. The van der Waals surface area contributed by atoms with E-state index in [1.54, 1.807) is 6.26 Å². The minimum absolute atomic E-state index is 0.138. The molecule has 0 spiro atoms. The van der Waals surface area contributed by atoms with E-state index in [4.69, 9.17) is 4.42 Å². The van der Waals surface area contributed by atoms with Gasteiger partial charge in [-0.15, -0.1) is 0 Å². The van der Waals surface area contributed by atoms with Crippen LogP contribution in [0, 0.1) is 0 Å². The van der Waals surface area contributed by atoms with Gasteiger partial charge in [-0.05, 0) is 48.9 Å². The van der Waals surface area contributed by atoms with E-state index >= 15 is 0 Å². The Morgan fingerprint density at radius 2 is 1.86 bits per heavy atom. The lowest BCUT2D eigenvalue weighted by Gasteiger charge is -2.35. The van der Waals surface area contributed by atoms with E-state index in [1.165, 1.54) is 11.1 Å². The summed E-state index contributed by atoms with van der Waals surface area (Å²) in [6.07, 6.45) is 5.86. The Morgan fingerprint density at radius 3 is 2.64 bits per heavy atom. The van der Waals surface area contributed by atoms with Crippen LogP contribution < -0.4 is 0 Å². The first-order valence-corrected chi connectivity index (χ1v) is 10.1. The van der Waals surface area contributed by atoms with Crippen LogP contribution in [0.1, 0.15) is 36.6 Å². The van der Waals surface area contributed by atoms with Crippen LogP contribution in [-0.2, 0) is 24.1 Å². The normalized spacial score (nSPS) is 15.8. The van der Waals surface area contributed by atoms with Crippen LogP contribution in [0.5, 0.6) is 0 Å². The molecule has 0 fully saturated rings. The molecule has 1 heterocycles. The van der Waals surface area contributed by atoms with Crippen molar-refractivity contribution in [2.45, 2.75) is 45.1 Å². The van der Waals surface area contributed by atoms with Crippen molar-refractivity contribution >= 4 is 5.91 Å². The molecular formula is C24H26N2O2. The zero-order valence-electron chi connectivity index (χ0n) is 16.3. The van der Waals surface area contributed by atoms with E-state index in [2.05, 4.69) is 41.1 Å². The number of hydrogen-bond donors (Lipinski definition) is 0. The molecule has 1 aromatic heterocycles. The molecule has 1 aliphatic carbocycles. The molecule has 0 saturated heterocycles. The van der Waals surface area contributed by atoms with E-state index in [0.717, 1.165) is 37.8 Å². The lowest BCUT2D eigenvalue weighted by atomic mass is 9.87. The fraction of sp³-hybridized carbons (Fsp3) is 0.333. The van der Waals surface area contributed by atoms with Crippen molar-refractivity contribution in [1.82, 2.24) is 9.88 Å². The third-order valence-electron chi connectivity index (χ3n) is 5.45. The van der Waals surface area contributed by atoms with Crippen molar-refractivity contribution in [3.05, 3.63) is 77.7 Å². The van der Waals surface area contributed by atoms with E-state index < -0.39 is 0 Å². The summed E-state index contributed by atoms with van der Waals surface area (Å²) in [6.45, 7) is 2.91. The van der Waals surface area contributed by atoms with E-state index in [9.17, 15) is 4.79 Å². The van der Waals surface area contributed by atoms with Crippen molar-refractivity contribution in [3.63, 3.8) is 0 Å². The first kappa shape index (κ1) is 18.5. The highest BCUT2D eigenvalue weighted by Crippen LogP contribution is 2.25. The van der Waals surface area contributed by atoms with Crippen molar-refractivity contribution in [1.29, 1.82) is 0 Å². The summed E-state index contributed by atoms with van der Waals surface area (Å²) in [5.74, 6) is 0.705. The Kier molecular flexibility index (Phi) is 5.56. The van der Waals surface area contributed by atoms with Crippen LogP contribution in [0.3, 0.4) is 0 Å². The summed E-state index contributed by atoms with van der Waals surface area (Å²) in [6, 6.07) is 18.6. The van der Waals surface area contributed by atoms with E-state index in [0.29, 0.717) is 11.6 Å². The van der Waals surface area contributed by atoms with Crippen LogP contribution in [0.25, 0.3) is 11.5 Å². The number of amides is 1. The van der Waals surface area contributed by atoms with Gasteiger partial charge in [0, 0.05) is 18.2 Å². The number of nitrogens with zero attached hydrogens (tertiary/aromatic N) is 2. The maximum absolute atomic E-state index is 13.1. The molecule has 1 unspecified atom stereocenters. The van der Waals surface area contributed by atoms with Crippen LogP contribution in [-0.4, -0.2) is 28.4 Å². The minimum Gasteiger partial charge on any atom is -0.444 e. The molecule has 1 amide bonds. The molecule has 0 radical (unpaired) electrons. The second-order valence-electron chi connectivity index (χ2n) is 7.44. The van der Waals surface area contributed by atoms with Crippen molar-refractivity contribution in [2.24, 2.45) is 0 Å². The molecule has 0 saturated carbocycles. The highest BCUT2D eigenvalue weighted by atomic mass is 16.3. The molecule has 3 aromatic rings. The largest absolute Gasteiger partial charge is 0.444 e. The number of oxazole rings is 1. The Labute approximate surface area is 166 Å². The van der Waals surface area contributed by atoms with Crippen LogP contribution in [0.4, 0.5) is 0 Å². The average Bonchev–Trinajstić information content (AvgIpc) is 3.20. The minimum atomic E-state index is 0.138. The van der Waals surface area contributed by atoms with Gasteiger partial charge in [0.25, 0.3) is 0 Å². The fourth-order valence-corrected chi connectivity index (χ4v) is 4.05. The number of aryl methyl sites for hydroxylation is 1. The van der Waals surface area contributed by atoms with Gasteiger partial charge in [0.1, 0.15) is 6.26 Å². The summed E-state index contributed by atoms with van der Waals surface area (Å²) in [4.78, 5) is 19.7. The van der Waals surface area contributed by atoms with Gasteiger partial charge in [-0.3, -0.25) is 4.79 Å². The zero-order valence-corrected chi connectivity index (χ0v) is 16.3. The number of rotatable bonds is 6. The molecule has 0 aliphatic heterocycles. The van der Waals surface area contributed by atoms with Gasteiger partial charge in [0.2, 0.25) is 11.8 Å². The van der Waals surface area contributed by atoms with Gasteiger partial charge in [-0.2, -0.15) is 0 Å². The molecule has 2 aromatic carbocycles. The molecule has 4 rings (SSSR count). The Bertz CT molecular complexity index is 933. The molecule has 28 heavy (non-hydrogen) atoms. The van der Waals surface area contributed by atoms with Gasteiger partial charge in [-0.1, -0.05) is 49.4 Å². The average molecular weight is 374 g/mol. The number of hydrogen-bond acceptors (Lipinski definition) is 3. The van der Waals surface area contributed by atoms with E-state index in [-0.39, 0.29) is 18.4 Å². The lowest BCUT2D eigenvalue weighted by Crippen LogP contribution is -2.44. The number of fused-ring (bicyclic) bond motifs is 1. The summed E-state index contributed by atoms with van der Waals surface area (Å²) in [7, 11) is 0. The summed E-state index contributed by atoms with van der Waals surface area (Å²) >= 11 is 0. The number of aromatic nitrogens is 1. The highest BCUT2D eigenvalue weighted by molar-refractivity contribution is 5.79. The third kappa shape index (κ3) is 4.01. The van der Waals surface area contributed by atoms with Crippen LogP contribution >= 0.6 is 0 Å². The molecule has 144 valence electrons. The first-order valence-electron chi connectivity index (χ1n) is 10.1. The first-order chi connectivity index (χ1) is 13.7. The second-order valence-corrected chi connectivity index (χ2v) is 7.44. The van der Waals surface area contributed by atoms with E-state index in [1.807, 2.05) is 30.3 Å². The number of carbonyl (C=O) groups is 1. The predicted octanol–water partition coefficient (Wildman–Crippen LogP) is 4.68. The van der Waals surface area contributed by atoms with Crippen molar-refractivity contribution in [3.8, 4) is 11.5 Å². The maximum Gasteiger partial charge on any atom is 0.228 e. The molecule has 1 aliphatic rings. The molecule has 4 heteroatoms.